The van der Waals surface area contributed by atoms with E-state index in [1.165, 1.54) is 5.56 Å². The molecule has 0 heterocycles. The Labute approximate surface area is 130 Å². The van der Waals surface area contributed by atoms with Gasteiger partial charge in [0.2, 0.25) is 5.91 Å². The molecule has 0 atom stereocenters. The predicted molar refractivity (Wildman–Crippen MR) is 86.6 cm³/mol. The smallest absolute Gasteiger partial charge is 0.303 e. The van der Waals surface area contributed by atoms with Gasteiger partial charge in [-0.15, -0.1) is 0 Å². The van der Waals surface area contributed by atoms with Gasteiger partial charge in [0, 0.05) is 13.0 Å². The molecular weight excluding hydrogens is 286 g/mol. The summed E-state index contributed by atoms with van der Waals surface area (Å²) in [6.45, 7) is 0.637. The lowest BCUT2D eigenvalue weighted by Gasteiger charge is -2.05. The zero-order valence-corrected chi connectivity index (χ0v) is 13.0. The maximum absolute atomic E-state index is 11.6. The van der Waals surface area contributed by atoms with Gasteiger partial charge < -0.3 is 10.4 Å². The van der Waals surface area contributed by atoms with Crippen LogP contribution in [0.1, 0.15) is 31.2 Å². The van der Waals surface area contributed by atoms with Gasteiger partial charge in [0.1, 0.15) is 0 Å². The van der Waals surface area contributed by atoms with Gasteiger partial charge in [0.05, 0.1) is 5.75 Å². The van der Waals surface area contributed by atoms with Crippen molar-refractivity contribution in [1.29, 1.82) is 0 Å². The normalized spacial score (nSPS) is 10.3. The van der Waals surface area contributed by atoms with E-state index in [-0.39, 0.29) is 12.3 Å². The van der Waals surface area contributed by atoms with Gasteiger partial charge in [-0.1, -0.05) is 36.8 Å². The van der Waals surface area contributed by atoms with Crippen LogP contribution in [0.5, 0.6) is 0 Å². The van der Waals surface area contributed by atoms with Gasteiger partial charge >= 0.3 is 5.97 Å². The fraction of sp³-hybridized carbons (Fsp3) is 0.500. The number of hydrogen-bond acceptors (Lipinski definition) is 3. The lowest BCUT2D eigenvalue weighted by atomic mass is 10.2. The van der Waals surface area contributed by atoms with Crippen LogP contribution in [0.2, 0.25) is 0 Å². The maximum atomic E-state index is 11.6. The number of aryl methyl sites for hydroxylation is 1. The van der Waals surface area contributed by atoms with E-state index in [0.717, 1.165) is 25.0 Å². The summed E-state index contributed by atoms with van der Waals surface area (Å²) in [5.74, 6) is 0.734. The number of aliphatic carboxylic acids is 1. The van der Waals surface area contributed by atoms with Gasteiger partial charge in [-0.05, 0) is 30.6 Å². The van der Waals surface area contributed by atoms with Crippen molar-refractivity contribution in [3.05, 3.63) is 35.9 Å². The highest BCUT2D eigenvalue weighted by Gasteiger charge is 2.01. The first-order valence-electron chi connectivity index (χ1n) is 7.28. The Morgan fingerprint density at radius 3 is 2.57 bits per heavy atom. The SMILES string of the molecule is O=C(O)CCCCCNC(=O)CSCCc1ccccc1. The van der Waals surface area contributed by atoms with E-state index in [2.05, 4.69) is 17.4 Å². The summed E-state index contributed by atoms with van der Waals surface area (Å²) in [5, 5.41) is 11.4. The predicted octanol–water partition coefficient (Wildman–Crippen LogP) is 2.72. The van der Waals surface area contributed by atoms with Gasteiger partial charge in [-0.25, -0.2) is 0 Å². The van der Waals surface area contributed by atoms with Crippen molar-refractivity contribution >= 4 is 23.6 Å². The number of rotatable bonds is 11. The second-order valence-corrected chi connectivity index (χ2v) is 5.95. The molecule has 0 aromatic heterocycles. The van der Waals surface area contributed by atoms with Gasteiger partial charge in [-0.3, -0.25) is 9.59 Å². The van der Waals surface area contributed by atoms with E-state index >= 15 is 0 Å². The highest BCUT2D eigenvalue weighted by Crippen LogP contribution is 2.06. The lowest BCUT2D eigenvalue weighted by molar-refractivity contribution is -0.137. The van der Waals surface area contributed by atoms with Crippen LogP contribution in [0.3, 0.4) is 0 Å². The van der Waals surface area contributed by atoms with Crippen LogP contribution in [-0.2, 0) is 16.0 Å². The summed E-state index contributed by atoms with van der Waals surface area (Å²) >= 11 is 1.64. The molecule has 4 nitrogen and oxygen atoms in total. The van der Waals surface area contributed by atoms with E-state index in [9.17, 15) is 9.59 Å². The average Bonchev–Trinajstić information content (AvgIpc) is 2.48. The Morgan fingerprint density at radius 1 is 1.10 bits per heavy atom. The molecule has 0 bridgehead atoms. The molecular formula is C16H23NO3S. The van der Waals surface area contributed by atoms with Crippen LogP contribution in [0.4, 0.5) is 0 Å². The second-order valence-electron chi connectivity index (χ2n) is 4.84. The zero-order chi connectivity index (χ0) is 15.3. The topological polar surface area (TPSA) is 66.4 Å². The Morgan fingerprint density at radius 2 is 1.86 bits per heavy atom. The van der Waals surface area contributed by atoms with Gasteiger partial charge in [0.15, 0.2) is 0 Å². The second kappa shape index (κ2) is 11.2. The quantitative estimate of drug-likeness (QED) is 0.617. The summed E-state index contributed by atoms with van der Waals surface area (Å²) in [5.41, 5.74) is 1.30. The minimum Gasteiger partial charge on any atom is -0.481 e. The van der Waals surface area contributed by atoms with Crippen LogP contribution in [-0.4, -0.2) is 35.0 Å². The van der Waals surface area contributed by atoms with E-state index in [1.54, 1.807) is 11.8 Å². The molecule has 0 saturated carbocycles. The molecule has 5 heteroatoms. The minimum atomic E-state index is -0.756. The number of carboxylic acid groups (broad SMARTS) is 1. The minimum absolute atomic E-state index is 0.0614. The van der Waals surface area contributed by atoms with Crippen molar-refractivity contribution in [3.63, 3.8) is 0 Å². The summed E-state index contributed by atoms with van der Waals surface area (Å²) in [6.07, 6.45) is 3.55. The molecule has 116 valence electrons. The molecule has 21 heavy (non-hydrogen) atoms. The van der Waals surface area contributed by atoms with Crippen molar-refractivity contribution in [2.75, 3.05) is 18.1 Å². The number of hydrogen-bond donors (Lipinski definition) is 2. The monoisotopic (exact) mass is 309 g/mol. The summed E-state index contributed by atoms with van der Waals surface area (Å²) in [6, 6.07) is 10.2. The fourth-order valence-corrected chi connectivity index (χ4v) is 2.67. The molecule has 0 aliphatic carbocycles. The van der Waals surface area contributed by atoms with Crippen LogP contribution in [0, 0.1) is 0 Å². The first-order chi connectivity index (χ1) is 10.2. The molecule has 1 aromatic rings. The standard InChI is InChI=1S/C16H23NO3S/c18-15(17-11-6-2-5-9-16(19)20)13-21-12-10-14-7-3-1-4-8-14/h1,3-4,7-8H,2,5-6,9-13H2,(H,17,18)(H,19,20). The third kappa shape index (κ3) is 9.96. The van der Waals surface area contributed by atoms with E-state index in [4.69, 9.17) is 5.11 Å². The molecule has 0 radical (unpaired) electrons. The molecule has 1 aromatic carbocycles. The van der Waals surface area contributed by atoms with Crippen LogP contribution in [0.15, 0.2) is 30.3 Å². The fourth-order valence-electron chi connectivity index (χ4n) is 1.86. The first-order valence-corrected chi connectivity index (χ1v) is 8.44. The largest absolute Gasteiger partial charge is 0.481 e. The molecule has 0 unspecified atom stereocenters. The van der Waals surface area contributed by atoms with E-state index in [1.807, 2.05) is 18.2 Å². The molecule has 0 aliphatic heterocycles. The highest BCUT2D eigenvalue weighted by atomic mass is 32.2. The number of amides is 1. The van der Waals surface area contributed by atoms with E-state index in [0.29, 0.717) is 18.7 Å². The molecule has 0 fully saturated rings. The lowest BCUT2D eigenvalue weighted by Crippen LogP contribution is -2.26. The molecule has 2 N–H and O–H groups in total. The van der Waals surface area contributed by atoms with Gasteiger partial charge in [0.25, 0.3) is 0 Å². The molecule has 0 saturated heterocycles. The molecule has 0 spiro atoms. The Hall–Kier alpha value is -1.49. The van der Waals surface area contributed by atoms with Crippen molar-refractivity contribution in [3.8, 4) is 0 Å². The zero-order valence-electron chi connectivity index (χ0n) is 12.2. The number of benzene rings is 1. The number of carboxylic acids is 1. The summed E-state index contributed by atoms with van der Waals surface area (Å²) < 4.78 is 0. The summed E-state index contributed by atoms with van der Waals surface area (Å²) in [4.78, 5) is 21.9. The van der Waals surface area contributed by atoms with Crippen molar-refractivity contribution < 1.29 is 14.7 Å². The Balaban J connectivity index is 1.93. The van der Waals surface area contributed by atoms with E-state index < -0.39 is 5.97 Å². The van der Waals surface area contributed by atoms with Gasteiger partial charge in [-0.2, -0.15) is 11.8 Å². The molecule has 1 rings (SSSR count). The Kier molecular flexibility index (Phi) is 9.37. The third-order valence-corrected chi connectivity index (χ3v) is 3.96. The maximum Gasteiger partial charge on any atom is 0.303 e. The molecule has 1 amide bonds. The van der Waals surface area contributed by atoms with Crippen LogP contribution < -0.4 is 5.32 Å². The molecule has 0 aliphatic rings. The van der Waals surface area contributed by atoms with Crippen LogP contribution in [0.25, 0.3) is 0 Å². The summed E-state index contributed by atoms with van der Waals surface area (Å²) in [7, 11) is 0. The van der Waals surface area contributed by atoms with Crippen molar-refractivity contribution in [2.24, 2.45) is 0 Å². The number of carbonyl (C=O) groups is 2. The third-order valence-electron chi connectivity index (χ3n) is 3.00. The number of carbonyl (C=O) groups excluding carboxylic acids is 1. The van der Waals surface area contributed by atoms with Crippen LogP contribution >= 0.6 is 11.8 Å². The number of thioether (sulfide) groups is 1. The first kappa shape index (κ1) is 17.6. The number of nitrogens with one attached hydrogen (secondary N) is 1. The van der Waals surface area contributed by atoms with Crippen molar-refractivity contribution in [2.45, 2.75) is 32.1 Å². The number of unbranched alkanes of at least 4 members (excludes halogenated alkanes) is 2. The Bertz CT molecular complexity index is 423. The highest BCUT2D eigenvalue weighted by molar-refractivity contribution is 7.99. The van der Waals surface area contributed by atoms with Crippen molar-refractivity contribution in [1.82, 2.24) is 5.32 Å². The average molecular weight is 309 g/mol.